The molecule has 0 aliphatic carbocycles. The second-order valence-corrected chi connectivity index (χ2v) is 6.91. The third-order valence-corrected chi connectivity index (χ3v) is 4.52. The van der Waals surface area contributed by atoms with Gasteiger partial charge in [-0.1, -0.05) is 6.07 Å². The number of aryl methyl sites for hydroxylation is 2. The monoisotopic (exact) mass is 349 g/mol. The van der Waals surface area contributed by atoms with Crippen LogP contribution in [0.3, 0.4) is 0 Å². The molecule has 0 atom stereocenters. The number of ether oxygens (including phenoxy) is 3. The van der Waals surface area contributed by atoms with Crippen LogP contribution >= 0.6 is 0 Å². The maximum Gasteiger partial charge on any atom is 0.260 e. The molecule has 1 amide bonds. The minimum atomic E-state index is 0.0415. The number of hydrogen-bond donors (Lipinski definition) is 0. The van der Waals surface area contributed by atoms with E-state index in [4.69, 9.17) is 14.2 Å². The summed E-state index contributed by atoms with van der Waals surface area (Å²) >= 11 is 0. The molecular weight excluding hydrogens is 318 g/mol. The largest absolute Gasteiger partial charge is 0.484 e. The zero-order valence-corrected chi connectivity index (χ0v) is 15.9. The first-order valence-electron chi connectivity index (χ1n) is 9.16. The summed E-state index contributed by atoms with van der Waals surface area (Å²) in [5.74, 6) is 0.791. The SMILES string of the molecule is Cc1ccc(OCC(=O)N2CCC(OCCOC(C)C)CC2)cc1C. The Morgan fingerprint density at radius 2 is 1.88 bits per heavy atom. The van der Waals surface area contributed by atoms with Crippen LogP contribution in [0.5, 0.6) is 5.75 Å². The van der Waals surface area contributed by atoms with Crippen molar-refractivity contribution >= 4 is 5.91 Å². The van der Waals surface area contributed by atoms with E-state index in [1.165, 1.54) is 11.1 Å². The Hall–Kier alpha value is -1.59. The predicted octanol–water partition coefficient (Wildman–Crippen LogP) is 3.11. The smallest absolute Gasteiger partial charge is 0.260 e. The van der Waals surface area contributed by atoms with E-state index in [0.717, 1.165) is 31.7 Å². The molecule has 1 aliphatic rings. The summed E-state index contributed by atoms with van der Waals surface area (Å²) in [6.45, 7) is 10.9. The molecule has 0 N–H and O–H groups in total. The van der Waals surface area contributed by atoms with E-state index in [1.54, 1.807) is 0 Å². The zero-order chi connectivity index (χ0) is 18.2. The molecule has 1 aromatic carbocycles. The van der Waals surface area contributed by atoms with Gasteiger partial charge in [0.2, 0.25) is 0 Å². The van der Waals surface area contributed by atoms with E-state index in [2.05, 4.69) is 6.92 Å². The fraction of sp³-hybridized carbons (Fsp3) is 0.650. The van der Waals surface area contributed by atoms with Crippen molar-refractivity contribution in [3.05, 3.63) is 29.3 Å². The number of piperidine rings is 1. The maximum atomic E-state index is 12.3. The van der Waals surface area contributed by atoms with Gasteiger partial charge in [-0.25, -0.2) is 0 Å². The van der Waals surface area contributed by atoms with Crippen LogP contribution in [0.4, 0.5) is 0 Å². The lowest BCUT2D eigenvalue weighted by atomic mass is 10.1. The second kappa shape index (κ2) is 9.78. The number of amides is 1. The Bertz CT molecular complexity index is 551. The summed E-state index contributed by atoms with van der Waals surface area (Å²) in [6, 6.07) is 5.90. The molecule has 0 aromatic heterocycles. The second-order valence-electron chi connectivity index (χ2n) is 6.91. The van der Waals surface area contributed by atoms with Crippen LogP contribution in [0, 0.1) is 13.8 Å². The van der Waals surface area contributed by atoms with Gasteiger partial charge in [-0.3, -0.25) is 4.79 Å². The van der Waals surface area contributed by atoms with Gasteiger partial charge in [0, 0.05) is 13.1 Å². The molecule has 1 fully saturated rings. The predicted molar refractivity (Wildman–Crippen MR) is 98.1 cm³/mol. The van der Waals surface area contributed by atoms with Gasteiger partial charge in [-0.2, -0.15) is 0 Å². The first-order valence-corrected chi connectivity index (χ1v) is 9.16. The van der Waals surface area contributed by atoms with Crippen LogP contribution < -0.4 is 4.74 Å². The van der Waals surface area contributed by atoms with E-state index in [0.29, 0.717) is 13.2 Å². The number of likely N-dealkylation sites (tertiary alicyclic amines) is 1. The average molecular weight is 349 g/mol. The molecule has 0 saturated carbocycles. The lowest BCUT2D eigenvalue weighted by Gasteiger charge is -2.32. The Labute approximate surface area is 151 Å². The van der Waals surface area contributed by atoms with Crippen molar-refractivity contribution in [1.82, 2.24) is 4.90 Å². The lowest BCUT2D eigenvalue weighted by Crippen LogP contribution is -2.43. The molecule has 1 aromatic rings. The molecule has 0 bridgehead atoms. The van der Waals surface area contributed by atoms with Crippen LogP contribution in [0.1, 0.15) is 37.8 Å². The molecule has 140 valence electrons. The quantitative estimate of drug-likeness (QED) is 0.677. The normalized spacial score (nSPS) is 15.6. The molecule has 25 heavy (non-hydrogen) atoms. The van der Waals surface area contributed by atoms with Crippen LogP contribution in [0.2, 0.25) is 0 Å². The summed E-state index contributed by atoms with van der Waals surface area (Å²) in [7, 11) is 0. The summed E-state index contributed by atoms with van der Waals surface area (Å²) < 4.78 is 16.9. The van der Waals surface area contributed by atoms with Crippen molar-refractivity contribution in [3.63, 3.8) is 0 Å². The fourth-order valence-corrected chi connectivity index (χ4v) is 2.81. The number of benzene rings is 1. The first kappa shape index (κ1) is 19.7. The van der Waals surface area contributed by atoms with E-state index in [-0.39, 0.29) is 24.7 Å². The van der Waals surface area contributed by atoms with Crippen molar-refractivity contribution in [2.24, 2.45) is 0 Å². The van der Waals surface area contributed by atoms with Crippen LogP contribution in [0.25, 0.3) is 0 Å². The molecule has 0 spiro atoms. The van der Waals surface area contributed by atoms with Gasteiger partial charge < -0.3 is 19.1 Å². The van der Waals surface area contributed by atoms with Gasteiger partial charge in [-0.15, -0.1) is 0 Å². The molecule has 2 rings (SSSR count). The topological polar surface area (TPSA) is 48.0 Å². The standard InChI is InChI=1S/C20H31NO4/c1-15(2)23-11-12-24-18-7-9-21(10-8-18)20(22)14-25-19-6-5-16(3)17(4)13-19/h5-6,13,15,18H,7-12,14H2,1-4H3. The molecule has 0 radical (unpaired) electrons. The minimum Gasteiger partial charge on any atom is -0.484 e. The van der Waals surface area contributed by atoms with Crippen molar-refractivity contribution < 1.29 is 19.0 Å². The van der Waals surface area contributed by atoms with E-state index in [1.807, 2.05) is 43.9 Å². The van der Waals surface area contributed by atoms with Gasteiger partial charge in [0.15, 0.2) is 6.61 Å². The highest BCUT2D eigenvalue weighted by molar-refractivity contribution is 5.77. The summed E-state index contributed by atoms with van der Waals surface area (Å²) in [5.41, 5.74) is 2.39. The maximum absolute atomic E-state index is 12.3. The Morgan fingerprint density at radius 3 is 2.52 bits per heavy atom. The Morgan fingerprint density at radius 1 is 1.16 bits per heavy atom. The van der Waals surface area contributed by atoms with Crippen LogP contribution in [0.15, 0.2) is 18.2 Å². The molecule has 1 aliphatic heterocycles. The number of nitrogens with zero attached hydrogens (tertiary/aromatic N) is 1. The third kappa shape index (κ3) is 6.67. The van der Waals surface area contributed by atoms with Gasteiger partial charge in [0.25, 0.3) is 5.91 Å². The molecule has 5 heteroatoms. The van der Waals surface area contributed by atoms with Gasteiger partial charge in [0.1, 0.15) is 5.75 Å². The van der Waals surface area contributed by atoms with Gasteiger partial charge >= 0.3 is 0 Å². The van der Waals surface area contributed by atoms with E-state index in [9.17, 15) is 4.79 Å². The molecule has 1 heterocycles. The summed E-state index contributed by atoms with van der Waals surface area (Å²) in [5, 5.41) is 0. The highest BCUT2D eigenvalue weighted by atomic mass is 16.5. The average Bonchev–Trinajstić information content (AvgIpc) is 2.60. The zero-order valence-electron chi connectivity index (χ0n) is 15.9. The van der Waals surface area contributed by atoms with Crippen molar-refractivity contribution in [2.75, 3.05) is 32.9 Å². The highest BCUT2D eigenvalue weighted by Crippen LogP contribution is 2.17. The van der Waals surface area contributed by atoms with E-state index >= 15 is 0 Å². The number of hydrogen-bond acceptors (Lipinski definition) is 4. The van der Waals surface area contributed by atoms with Gasteiger partial charge in [-0.05, 0) is 63.8 Å². The third-order valence-electron chi connectivity index (χ3n) is 4.52. The van der Waals surface area contributed by atoms with Crippen molar-refractivity contribution in [3.8, 4) is 5.75 Å². The fourth-order valence-electron chi connectivity index (χ4n) is 2.81. The minimum absolute atomic E-state index is 0.0415. The Kier molecular flexibility index (Phi) is 7.72. The summed E-state index contributed by atoms with van der Waals surface area (Å²) in [6.07, 6.45) is 2.20. The van der Waals surface area contributed by atoms with Crippen LogP contribution in [-0.4, -0.2) is 55.9 Å². The molecule has 5 nitrogen and oxygen atoms in total. The van der Waals surface area contributed by atoms with E-state index < -0.39 is 0 Å². The lowest BCUT2D eigenvalue weighted by molar-refractivity contribution is -0.136. The Balaban J connectivity index is 1.66. The number of carbonyl (C=O) groups excluding carboxylic acids is 1. The molecular formula is C20H31NO4. The van der Waals surface area contributed by atoms with Crippen LogP contribution in [-0.2, 0) is 14.3 Å². The van der Waals surface area contributed by atoms with Crippen molar-refractivity contribution in [1.29, 1.82) is 0 Å². The number of rotatable bonds is 8. The molecule has 0 unspecified atom stereocenters. The summed E-state index contributed by atoms with van der Waals surface area (Å²) in [4.78, 5) is 14.2. The highest BCUT2D eigenvalue weighted by Gasteiger charge is 2.23. The van der Waals surface area contributed by atoms with Gasteiger partial charge in [0.05, 0.1) is 25.4 Å². The first-order chi connectivity index (χ1) is 12.0. The van der Waals surface area contributed by atoms with Crippen molar-refractivity contribution in [2.45, 2.75) is 52.7 Å². The molecule has 1 saturated heterocycles. The number of carbonyl (C=O) groups is 1.